The number of nitrogens with two attached hydrogens (primary N) is 1. The van der Waals surface area contributed by atoms with Gasteiger partial charge in [0.2, 0.25) is 0 Å². The summed E-state index contributed by atoms with van der Waals surface area (Å²) >= 11 is 0. The Kier molecular flexibility index (Phi) is 4.76. The Hall–Kier alpha value is -2.04. The Morgan fingerprint density at radius 1 is 1.30 bits per heavy atom. The van der Waals surface area contributed by atoms with Crippen LogP contribution in [0.25, 0.3) is 0 Å². The van der Waals surface area contributed by atoms with Gasteiger partial charge in [0.25, 0.3) is 5.91 Å². The molecule has 0 saturated heterocycles. The van der Waals surface area contributed by atoms with E-state index in [9.17, 15) is 9.59 Å². The molecular formula is C15H22N2O3. The molecular weight excluding hydrogens is 256 g/mol. The van der Waals surface area contributed by atoms with Gasteiger partial charge in [-0.1, -0.05) is 12.1 Å². The van der Waals surface area contributed by atoms with Gasteiger partial charge in [-0.15, -0.1) is 0 Å². The van der Waals surface area contributed by atoms with Gasteiger partial charge >= 0.3 is 5.97 Å². The number of carbonyl (C=O) groups is 2. The Labute approximate surface area is 119 Å². The minimum atomic E-state index is -0.874. The molecule has 0 fully saturated rings. The van der Waals surface area contributed by atoms with Crippen LogP contribution in [-0.4, -0.2) is 23.5 Å². The normalized spacial score (nSPS) is 12.7. The molecule has 5 heteroatoms. The minimum absolute atomic E-state index is 0.308. The Balaban J connectivity index is 2.78. The average Bonchev–Trinajstić information content (AvgIpc) is 2.26. The topological polar surface area (TPSA) is 81.4 Å². The number of aryl methyl sites for hydroxylation is 1. The van der Waals surface area contributed by atoms with Gasteiger partial charge < -0.3 is 15.8 Å². The van der Waals surface area contributed by atoms with Crippen LogP contribution in [-0.2, 0) is 9.53 Å². The van der Waals surface area contributed by atoms with Gasteiger partial charge in [-0.05, 0) is 46.2 Å². The lowest BCUT2D eigenvalue weighted by Gasteiger charge is -2.23. The van der Waals surface area contributed by atoms with Gasteiger partial charge in [0.1, 0.15) is 0 Å². The van der Waals surface area contributed by atoms with Crippen LogP contribution in [0.1, 0.15) is 43.6 Å². The molecule has 0 aliphatic rings. The predicted octanol–water partition coefficient (Wildman–Crippen LogP) is 2.04. The summed E-state index contributed by atoms with van der Waals surface area (Å²) in [5.74, 6) is -0.921. The fraction of sp³-hybridized carbons (Fsp3) is 0.467. The Morgan fingerprint density at radius 2 is 1.90 bits per heavy atom. The third kappa shape index (κ3) is 4.26. The van der Waals surface area contributed by atoms with Crippen LogP contribution in [0.4, 0.5) is 5.69 Å². The van der Waals surface area contributed by atoms with Crippen molar-refractivity contribution in [1.82, 2.24) is 5.32 Å². The fourth-order valence-electron chi connectivity index (χ4n) is 1.71. The third-order valence-electron chi connectivity index (χ3n) is 2.66. The standard InChI is InChI=1S/C15H22N2O3/c1-9-7-6-8-11(16)12(9)14(19)20-10(2)13(18)17-15(3,4)5/h6-8,10H,16H2,1-5H3,(H,17,18). The number of esters is 1. The number of hydrogen-bond donors (Lipinski definition) is 2. The molecule has 110 valence electrons. The van der Waals surface area contributed by atoms with Crippen molar-refractivity contribution >= 4 is 17.6 Å². The van der Waals surface area contributed by atoms with E-state index in [0.717, 1.165) is 5.56 Å². The maximum atomic E-state index is 12.1. The number of rotatable bonds is 3. The van der Waals surface area contributed by atoms with Crippen LogP contribution in [0.15, 0.2) is 18.2 Å². The van der Waals surface area contributed by atoms with Crippen molar-refractivity contribution in [2.45, 2.75) is 46.3 Å². The largest absolute Gasteiger partial charge is 0.449 e. The molecule has 3 N–H and O–H groups in total. The third-order valence-corrected chi connectivity index (χ3v) is 2.66. The first-order chi connectivity index (χ1) is 9.11. The summed E-state index contributed by atoms with van der Waals surface area (Å²) < 4.78 is 5.17. The predicted molar refractivity (Wildman–Crippen MR) is 78.4 cm³/mol. The van der Waals surface area contributed by atoms with Crippen molar-refractivity contribution in [3.8, 4) is 0 Å². The number of nitrogen functional groups attached to an aromatic ring is 1. The van der Waals surface area contributed by atoms with Gasteiger partial charge in [0, 0.05) is 11.2 Å². The molecule has 1 rings (SSSR count). The maximum Gasteiger partial charge on any atom is 0.341 e. The second-order valence-corrected chi connectivity index (χ2v) is 5.83. The monoisotopic (exact) mass is 278 g/mol. The summed E-state index contributed by atoms with van der Waals surface area (Å²) in [4.78, 5) is 24.0. The summed E-state index contributed by atoms with van der Waals surface area (Å²) in [5.41, 5.74) is 6.77. The number of ether oxygens (including phenoxy) is 1. The van der Waals surface area contributed by atoms with E-state index in [1.165, 1.54) is 6.92 Å². The summed E-state index contributed by atoms with van der Waals surface area (Å²) in [6, 6.07) is 5.16. The molecule has 1 amide bonds. The highest BCUT2D eigenvalue weighted by atomic mass is 16.5. The maximum absolute atomic E-state index is 12.1. The van der Waals surface area contributed by atoms with E-state index in [2.05, 4.69) is 5.32 Å². The number of anilines is 1. The molecule has 1 atom stereocenters. The molecule has 0 aromatic heterocycles. The molecule has 1 unspecified atom stereocenters. The number of amides is 1. The zero-order chi connectivity index (χ0) is 15.5. The summed E-state index contributed by atoms with van der Waals surface area (Å²) in [6.07, 6.45) is -0.874. The molecule has 5 nitrogen and oxygen atoms in total. The molecule has 0 spiro atoms. The van der Waals surface area contributed by atoms with Crippen LogP contribution in [0, 0.1) is 6.92 Å². The molecule has 0 aliphatic carbocycles. The number of nitrogens with one attached hydrogen (secondary N) is 1. The smallest absolute Gasteiger partial charge is 0.341 e. The van der Waals surface area contributed by atoms with Crippen LogP contribution >= 0.6 is 0 Å². The highest BCUT2D eigenvalue weighted by molar-refractivity contribution is 5.98. The first-order valence-electron chi connectivity index (χ1n) is 6.50. The second-order valence-electron chi connectivity index (χ2n) is 5.83. The van der Waals surface area contributed by atoms with Crippen molar-refractivity contribution < 1.29 is 14.3 Å². The van der Waals surface area contributed by atoms with Gasteiger partial charge in [-0.3, -0.25) is 4.79 Å². The van der Waals surface area contributed by atoms with E-state index in [-0.39, 0.29) is 11.4 Å². The van der Waals surface area contributed by atoms with Gasteiger partial charge in [0.05, 0.1) is 5.56 Å². The van der Waals surface area contributed by atoms with E-state index in [1.54, 1.807) is 25.1 Å². The molecule has 0 heterocycles. The Bertz CT molecular complexity index is 498. The molecule has 0 saturated carbocycles. The Morgan fingerprint density at radius 3 is 2.40 bits per heavy atom. The van der Waals surface area contributed by atoms with Crippen LogP contribution in [0.5, 0.6) is 0 Å². The zero-order valence-electron chi connectivity index (χ0n) is 12.6. The number of benzene rings is 1. The van der Waals surface area contributed by atoms with E-state index in [1.807, 2.05) is 20.8 Å². The molecule has 20 heavy (non-hydrogen) atoms. The van der Waals surface area contributed by atoms with Crippen LogP contribution in [0.3, 0.4) is 0 Å². The van der Waals surface area contributed by atoms with Gasteiger partial charge in [0.15, 0.2) is 6.10 Å². The summed E-state index contributed by atoms with van der Waals surface area (Å²) in [6.45, 7) is 8.89. The van der Waals surface area contributed by atoms with Crippen LogP contribution in [0.2, 0.25) is 0 Å². The zero-order valence-corrected chi connectivity index (χ0v) is 12.6. The van der Waals surface area contributed by atoms with Gasteiger partial charge in [-0.25, -0.2) is 4.79 Å². The minimum Gasteiger partial charge on any atom is -0.449 e. The van der Waals surface area contributed by atoms with Crippen molar-refractivity contribution in [1.29, 1.82) is 0 Å². The van der Waals surface area contributed by atoms with E-state index in [4.69, 9.17) is 10.5 Å². The number of carbonyl (C=O) groups excluding carboxylic acids is 2. The van der Waals surface area contributed by atoms with E-state index >= 15 is 0 Å². The first-order valence-corrected chi connectivity index (χ1v) is 6.50. The number of hydrogen-bond acceptors (Lipinski definition) is 4. The average molecular weight is 278 g/mol. The highest BCUT2D eigenvalue weighted by Gasteiger charge is 2.24. The quantitative estimate of drug-likeness (QED) is 0.655. The fourth-order valence-corrected chi connectivity index (χ4v) is 1.71. The first kappa shape index (κ1) is 16.0. The summed E-state index contributed by atoms with van der Waals surface area (Å²) in [5, 5.41) is 2.76. The summed E-state index contributed by atoms with van der Waals surface area (Å²) in [7, 11) is 0. The van der Waals surface area contributed by atoms with Crippen molar-refractivity contribution in [2.75, 3.05) is 5.73 Å². The molecule has 0 aliphatic heterocycles. The highest BCUT2D eigenvalue weighted by Crippen LogP contribution is 2.18. The second kappa shape index (κ2) is 5.94. The lowest BCUT2D eigenvalue weighted by atomic mass is 10.1. The van der Waals surface area contributed by atoms with Crippen molar-refractivity contribution in [3.63, 3.8) is 0 Å². The SMILES string of the molecule is Cc1cccc(N)c1C(=O)OC(C)C(=O)NC(C)(C)C. The van der Waals surface area contributed by atoms with Crippen molar-refractivity contribution in [3.05, 3.63) is 29.3 Å². The van der Waals surface area contributed by atoms with Crippen molar-refractivity contribution in [2.24, 2.45) is 0 Å². The lowest BCUT2D eigenvalue weighted by molar-refractivity contribution is -0.130. The van der Waals surface area contributed by atoms with Gasteiger partial charge in [-0.2, -0.15) is 0 Å². The molecule has 1 aromatic carbocycles. The van der Waals surface area contributed by atoms with Crippen LogP contribution < -0.4 is 11.1 Å². The van der Waals surface area contributed by atoms with E-state index < -0.39 is 12.1 Å². The molecule has 1 aromatic rings. The molecule has 0 radical (unpaired) electrons. The van der Waals surface area contributed by atoms with E-state index in [0.29, 0.717) is 11.3 Å². The molecule has 0 bridgehead atoms. The lowest BCUT2D eigenvalue weighted by Crippen LogP contribution is -2.46.